The van der Waals surface area contributed by atoms with Crippen molar-refractivity contribution in [2.45, 2.75) is 71.8 Å². The second-order valence-electron chi connectivity index (χ2n) is 10.1. The number of ether oxygens (including phenoxy) is 1. The summed E-state index contributed by atoms with van der Waals surface area (Å²) in [4.78, 5) is 24.6. The number of carbonyl (C=O) groups is 2. The van der Waals surface area contributed by atoms with Crippen LogP contribution in [0.2, 0.25) is 0 Å². The van der Waals surface area contributed by atoms with Crippen LogP contribution in [-0.2, 0) is 14.3 Å². The number of rotatable bonds is 2. The molecule has 0 amide bonds. The third kappa shape index (κ3) is 2.23. The number of aliphatic hydroxyl groups is 1. The first-order chi connectivity index (χ1) is 12.1. The molecule has 4 aliphatic carbocycles. The Bertz CT molecular complexity index is 669. The molecule has 4 rings (SSSR count). The van der Waals surface area contributed by atoms with Crippen LogP contribution in [0.5, 0.6) is 0 Å². The van der Waals surface area contributed by atoms with Crippen molar-refractivity contribution < 1.29 is 19.4 Å². The lowest BCUT2D eigenvalue weighted by molar-refractivity contribution is -0.198. The molecule has 0 radical (unpaired) electrons. The number of hydrogen-bond donors (Lipinski definition) is 1. The number of aliphatic hydroxyl groups excluding tert-OH is 1. The van der Waals surface area contributed by atoms with Gasteiger partial charge in [0.1, 0.15) is 0 Å². The summed E-state index contributed by atoms with van der Waals surface area (Å²) in [6.45, 7) is 10.5. The van der Waals surface area contributed by atoms with E-state index in [1.54, 1.807) is 0 Å². The normalized spacial score (nSPS) is 50.2. The van der Waals surface area contributed by atoms with E-state index in [0.717, 1.165) is 44.1 Å². The van der Waals surface area contributed by atoms with Crippen molar-refractivity contribution in [3.8, 4) is 0 Å². The molecule has 4 nitrogen and oxygen atoms in total. The first-order valence-electron chi connectivity index (χ1n) is 10.2. The van der Waals surface area contributed by atoms with E-state index in [9.17, 15) is 14.7 Å². The minimum absolute atomic E-state index is 0.00806. The zero-order valence-electron chi connectivity index (χ0n) is 16.3. The Morgan fingerprint density at radius 3 is 2.73 bits per heavy atom. The highest BCUT2D eigenvalue weighted by Crippen LogP contribution is 2.71. The van der Waals surface area contributed by atoms with Crippen molar-refractivity contribution in [3.05, 3.63) is 12.2 Å². The molecule has 4 heteroatoms. The number of hydrogen-bond acceptors (Lipinski definition) is 4. The van der Waals surface area contributed by atoms with Gasteiger partial charge < -0.3 is 9.84 Å². The molecular weight excluding hydrogens is 328 g/mol. The van der Waals surface area contributed by atoms with Crippen molar-refractivity contribution in [3.63, 3.8) is 0 Å². The molecule has 7 atom stereocenters. The Hall–Kier alpha value is -1.16. The molecule has 4 fully saturated rings. The van der Waals surface area contributed by atoms with Crippen LogP contribution in [0.25, 0.3) is 0 Å². The van der Waals surface area contributed by atoms with Gasteiger partial charge in [0.15, 0.2) is 5.78 Å². The van der Waals surface area contributed by atoms with Gasteiger partial charge in [-0.1, -0.05) is 26.8 Å². The van der Waals surface area contributed by atoms with E-state index in [4.69, 9.17) is 4.74 Å². The van der Waals surface area contributed by atoms with E-state index in [-0.39, 0.29) is 34.4 Å². The first kappa shape index (κ1) is 18.2. The van der Waals surface area contributed by atoms with Gasteiger partial charge in [-0.3, -0.25) is 9.59 Å². The maximum absolute atomic E-state index is 13.2. The summed E-state index contributed by atoms with van der Waals surface area (Å²) < 4.78 is 5.46. The summed E-state index contributed by atoms with van der Waals surface area (Å²) in [7, 11) is 0. The predicted molar refractivity (Wildman–Crippen MR) is 98.2 cm³/mol. The van der Waals surface area contributed by atoms with Crippen LogP contribution in [0, 0.1) is 34.0 Å². The number of carbonyl (C=O) groups excluding carboxylic acids is 2. The molecule has 4 aliphatic rings. The molecule has 0 aliphatic heterocycles. The van der Waals surface area contributed by atoms with Crippen molar-refractivity contribution >= 4 is 11.8 Å². The SMILES string of the molecule is C=C1C(=O)[C@@]23CC[C@@H]4[C@@](C)(COC(C)=O)CCC[C@@]4(C)[C@@H]2[C@@H](O)C[C@@H]1C3. The van der Waals surface area contributed by atoms with E-state index in [1.807, 2.05) is 0 Å². The summed E-state index contributed by atoms with van der Waals surface area (Å²) in [5.41, 5.74) is 0.197. The summed E-state index contributed by atoms with van der Waals surface area (Å²) in [6.07, 6.45) is 6.10. The fourth-order valence-corrected chi connectivity index (χ4v) is 7.80. The monoisotopic (exact) mass is 360 g/mol. The Labute approximate surface area is 156 Å². The molecule has 144 valence electrons. The second kappa shape index (κ2) is 5.67. The van der Waals surface area contributed by atoms with Gasteiger partial charge in [-0.25, -0.2) is 0 Å². The van der Waals surface area contributed by atoms with Crippen molar-refractivity contribution in [1.29, 1.82) is 0 Å². The molecule has 0 aromatic carbocycles. The number of Topliss-reactive ketones (excluding diaryl/α,β-unsaturated/α-hetero) is 1. The lowest BCUT2D eigenvalue weighted by Crippen LogP contribution is -2.62. The Morgan fingerprint density at radius 1 is 1.31 bits per heavy atom. The Balaban J connectivity index is 1.73. The average Bonchev–Trinajstić information content (AvgIpc) is 2.74. The maximum Gasteiger partial charge on any atom is 0.302 e. The lowest BCUT2D eigenvalue weighted by Gasteiger charge is -2.64. The van der Waals surface area contributed by atoms with Gasteiger partial charge in [0.2, 0.25) is 0 Å². The van der Waals surface area contributed by atoms with E-state index >= 15 is 0 Å². The number of fused-ring (bicyclic) bond motifs is 3. The molecule has 0 saturated heterocycles. The molecule has 4 saturated carbocycles. The summed E-state index contributed by atoms with van der Waals surface area (Å²) in [6, 6.07) is 0. The average molecular weight is 360 g/mol. The van der Waals surface area contributed by atoms with Crippen LogP contribution in [0.15, 0.2) is 12.2 Å². The Morgan fingerprint density at radius 2 is 2.04 bits per heavy atom. The largest absolute Gasteiger partial charge is 0.465 e. The van der Waals surface area contributed by atoms with Gasteiger partial charge in [0.05, 0.1) is 12.7 Å². The van der Waals surface area contributed by atoms with Gasteiger partial charge in [-0.2, -0.15) is 0 Å². The predicted octanol–water partition coefficient (Wildman–Crippen LogP) is 3.67. The molecule has 0 aromatic rings. The number of esters is 1. The molecule has 1 spiro atoms. The van der Waals surface area contributed by atoms with Crippen LogP contribution in [0.4, 0.5) is 0 Å². The van der Waals surface area contributed by atoms with Gasteiger partial charge in [-0.15, -0.1) is 0 Å². The Kier molecular flexibility index (Phi) is 3.97. The fraction of sp³-hybridized carbons (Fsp3) is 0.818. The molecule has 0 heterocycles. The van der Waals surface area contributed by atoms with Crippen molar-refractivity contribution in [2.24, 2.45) is 34.0 Å². The van der Waals surface area contributed by atoms with Crippen LogP contribution < -0.4 is 0 Å². The second-order valence-corrected chi connectivity index (χ2v) is 10.1. The minimum Gasteiger partial charge on any atom is -0.465 e. The fourth-order valence-electron chi connectivity index (χ4n) is 7.80. The summed E-state index contributed by atoms with van der Waals surface area (Å²) in [5.74, 6) is 0.551. The van der Waals surface area contributed by atoms with Crippen molar-refractivity contribution in [2.75, 3.05) is 6.61 Å². The van der Waals surface area contributed by atoms with Crippen LogP contribution in [0.1, 0.15) is 65.7 Å². The highest BCUT2D eigenvalue weighted by Gasteiger charge is 2.69. The van der Waals surface area contributed by atoms with Crippen LogP contribution >= 0.6 is 0 Å². The summed E-state index contributed by atoms with van der Waals surface area (Å²) in [5, 5.41) is 11.1. The zero-order valence-corrected chi connectivity index (χ0v) is 16.3. The third-order valence-electron chi connectivity index (χ3n) is 8.65. The van der Waals surface area contributed by atoms with Gasteiger partial charge >= 0.3 is 5.97 Å². The van der Waals surface area contributed by atoms with E-state index in [1.165, 1.54) is 6.92 Å². The zero-order chi connectivity index (χ0) is 18.9. The molecular formula is C22H32O4. The van der Waals surface area contributed by atoms with Gasteiger partial charge in [0.25, 0.3) is 0 Å². The van der Waals surface area contributed by atoms with Gasteiger partial charge in [0, 0.05) is 23.7 Å². The lowest BCUT2D eigenvalue weighted by atomic mass is 9.40. The van der Waals surface area contributed by atoms with E-state index in [2.05, 4.69) is 20.4 Å². The molecule has 1 N–H and O–H groups in total. The number of allylic oxidation sites excluding steroid dienone is 1. The highest BCUT2D eigenvalue weighted by molar-refractivity contribution is 6.03. The van der Waals surface area contributed by atoms with E-state index < -0.39 is 11.5 Å². The minimum atomic E-state index is -0.430. The van der Waals surface area contributed by atoms with Crippen LogP contribution in [-0.4, -0.2) is 29.6 Å². The highest BCUT2D eigenvalue weighted by atomic mass is 16.5. The van der Waals surface area contributed by atoms with E-state index in [0.29, 0.717) is 18.9 Å². The molecule has 0 aromatic heterocycles. The van der Waals surface area contributed by atoms with Crippen LogP contribution in [0.3, 0.4) is 0 Å². The third-order valence-corrected chi connectivity index (χ3v) is 8.65. The standard InChI is InChI=1S/C22H32O4/c1-13-15-10-16(24)18-21(4)8-5-7-20(3,12-26-14(2)23)17(21)6-9-22(18,11-15)19(13)25/h15-18,24H,1,5-12H2,2-4H3/t15-,16+,17-,18+,20-,21-,22-/m1/s1. The van der Waals surface area contributed by atoms with Crippen molar-refractivity contribution in [1.82, 2.24) is 0 Å². The molecule has 0 unspecified atom stereocenters. The molecule has 2 bridgehead atoms. The smallest absolute Gasteiger partial charge is 0.302 e. The number of ketones is 1. The topological polar surface area (TPSA) is 63.6 Å². The first-order valence-corrected chi connectivity index (χ1v) is 10.2. The summed E-state index contributed by atoms with van der Waals surface area (Å²) >= 11 is 0. The molecule has 26 heavy (non-hydrogen) atoms. The quantitative estimate of drug-likeness (QED) is 0.603. The van der Waals surface area contributed by atoms with Gasteiger partial charge in [-0.05, 0) is 61.3 Å². The maximum atomic E-state index is 13.2.